The molecule has 1 saturated heterocycles. The number of hydrogen-bond acceptors (Lipinski definition) is 5. The second kappa shape index (κ2) is 11.1. The molecule has 1 unspecified atom stereocenters. The lowest BCUT2D eigenvalue weighted by Gasteiger charge is -2.33. The van der Waals surface area contributed by atoms with Crippen molar-refractivity contribution < 1.29 is 9.53 Å². The Hall–Kier alpha value is -1.92. The zero-order valence-corrected chi connectivity index (χ0v) is 19.5. The minimum atomic E-state index is 0.364. The quantitative estimate of drug-likeness (QED) is 0.551. The summed E-state index contributed by atoms with van der Waals surface area (Å²) in [7, 11) is 2.12. The lowest BCUT2D eigenvalue weighted by molar-refractivity contribution is -0.134. The number of hydrogen-bond donors (Lipinski definition) is 0. The highest BCUT2D eigenvalue weighted by Crippen LogP contribution is 2.29. The van der Waals surface area contributed by atoms with E-state index in [9.17, 15) is 4.79 Å². The number of nitrogens with zero attached hydrogens (tertiary/aromatic N) is 3. The molecule has 2 fully saturated rings. The molecule has 4 rings (SSSR count). The van der Waals surface area contributed by atoms with Crippen molar-refractivity contribution in [2.45, 2.75) is 58.0 Å². The monoisotopic (exact) mass is 441 g/mol. The normalized spacial score (nSPS) is 19.8. The van der Waals surface area contributed by atoms with Crippen LogP contribution in [0, 0.1) is 11.8 Å². The average molecular weight is 442 g/mol. The van der Waals surface area contributed by atoms with Crippen LogP contribution in [-0.4, -0.2) is 47.4 Å². The van der Waals surface area contributed by atoms with Crippen molar-refractivity contribution in [2.75, 3.05) is 26.7 Å². The first-order valence-corrected chi connectivity index (χ1v) is 12.6. The fourth-order valence-corrected chi connectivity index (χ4v) is 5.55. The van der Waals surface area contributed by atoms with Crippen molar-refractivity contribution >= 4 is 17.2 Å². The van der Waals surface area contributed by atoms with Crippen LogP contribution in [0.3, 0.4) is 0 Å². The van der Waals surface area contributed by atoms with Crippen molar-refractivity contribution in [1.82, 2.24) is 14.8 Å². The Balaban J connectivity index is 1.20. The predicted molar refractivity (Wildman–Crippen MR) is 125 cm³/mol. The zero-order valence-electron chi connectivity index (χ0n) is 18.7. The highest BCUT2D eigenvalue weighted by Gasteiger charge is 2.27. The molecular formula is C25H35N3O2S. The fraction of sp³-hybridized carbons (Fsp3) is 0.600. The molecule has 0 N–H and O–H groups in total. The van der Waals surface area contributed by atoms with Crippen LogP contribution in [-0.2, 0) is 17.9 Å². The van der Waals surface area contributed by atoms with E-state index in [1.54, 1.807) is 11.3 Å². The highest BCUT2D eigenvalue weighted by atomic mass is 32.1. The van der Waals surface area contributed by atoms with Crippen molar-refractivity contribution in [1.29, 1.82) is 0 Å². The lowest BCUT2D eigenvalue weighted by atomic mass is 9.97. The topological polar surface area (TPSA) is 45.7 Å². The van der Waals surface area contributed by atoms with Gasteiger partial charge < -0.3 is 9.64 Å². The summed E-state index contributed by atoms with van der Waals surface area (Å²) in [6, 6.07) is 8.43. The summed E-state index contributed by atoms with van der Waals surface area (Å²) in [5.74, 6) is 2.34. The second-order valence-corrected chi connectivity index (χ2v) is 10.2. The van der Waals surface area contributed by atoms with E-state index in [-0.39, 0.29) is 0 Å². The summed E-state index contributed by atoms with van der Waals surface area (Å²) in [5.41, 5.74) is 1.27. The molecular weight excluding hydrogens is 406 g/mol. The number of ether oxygens (including phenoxy) is 1. The number of benzene rings is 1. The molecule has 2 aliphatic rings. The largest absolute Gasteiger partial charge is 0.493 e. The van der Waals surface area contributed by atoms with Crippen LogP contribution in [0.4, 0.5) is 0 Å². The molecule has 2 aromatic rings. The van der Waals surface area contributed by atoms with Crippen LogP contribution in [0.2, 0.25) is 0 Å². The van der Waals surface area contributed by atoms with Crippen LogP contribution in [0.5, 0.6) is 5.75 Å². The maximum atomic E-state index is 12.7. The van der Waals surface area contributed by atoms with E-state index in [0.717, 1.165) is 56.2 Å². The van der Waals surface area contributed by atoms with E-state index in [2.05, 4.69) is 46.1 Å². The van der Waals surface area contributed by atoms with Gasteiger partial charge in [0.05, 0.1) is 13.2 Å². The summed E-state index contributed by atoms with van der Waals surface area (Å²) < 4.78 is 6.09. The molecule has 1 aromatic carbocycles. The van der Waals surface area contributed by atoms with Crippen molar-refractivity contribution in [2.24, 2.45) is 11.8 Å². The Kier molecular flexibility index (Phi) is 7.97. The van der Waals surface area contributed by atoms with Gasteiger partial charge in [-0.1, -0.05) is 25.0 Å². The molecule has 1 amide bonds. The maximum absolute atomic E-state index is 12.7. The van der Waals surface area contributed by atoms with Gasteiger partial charge in [-0.2, -0.15) is 0 Å². The fourth-order valence-electron chi connectivity index (χ4n) is 4.85. The van der Waals surface area contributed by atoms with Crippen LogP contribution in [0.25, 0.3) is 0 Å². The van der Waals surface area contributed by atoms with Gasteiger partial charge in [0.25, 0.3) is 0 Å². The number of likely N-dealkylation sites (tertiary alicyclic amines) is 1. The summed E-state index contributed by atoms with van der Waals surface area (Å²) in [4.78, 5) is 21.4. The number of aromatic nitrogens is 1. The van der Waals surface area contributed by atoms with E-state index in [1.165, 1.54) is 31.2 Å². The van der Waals surface area contributed by atoms with Crippen LogP contribution >= 0.6 is 11.3 Å². The minimum absolute atomic E-state index is 0.364. The molecule has 0 bridgehead atoms. The number of piperidine rings is 1. The number of carbonyl (C=O) groups is 1. The Morgan fingerprint density at radius 2 is 1.90 bits per heavy atom. The molecule has 1 atom stereocenters. The van der Waals surface area contributed by atoms with Crippen LogP contribution < -0.4 is 4.74 Å². The van der Waals surface area contributed by atoms with Gasteiger partial charge in [-0.15, -0.1) is 11.3 Å². The van der Waals surface area contributed by atoms with Gasteiger partial charge in [0, 0.05) is 43.5 Å². The Morgan fingerprint density at radius 3 is 2.65 bits per heavy atom. The third-order valence-electron chi connectivity index (χ3n) is 6.56. The van der Waals surface area contributed by atoms with E-state index in [1.807, 2.05) is 11.6 Å². The molecule has 1 aliphatic heterocycles. The lowest BCUT2D eigenvalue weighted by Crippen LogP contribution is -2.42. The second-order valence-electron chi connectivity index (χ2n) is 9.26. The smallest absolute Gasteiger partial charge is 0.222 e. The van der Waals surface area contributed by atoms with Crippen LogP contribution in [0.1, 0.15) is 55.5 Å². The summed E-state index contributed by atoms with van der Waals surface area (Å²) in [5, 5.41) is 3.16. The first-order chi connectivity index (χ1) is 15.2. The molecule has 1 aromatic heterocycles. The third kappa shape index (κ3) is 6.78. The van der Waals surface area contributed by atoms with Gasteiger partial charge in [0.1, 0.15) is 10.8 Å². The summed E-state index contributed by atoms with van der Waals surface area (Å²) in [6.07, 6.45) is 9.93. The van der Waals surface area contributed by atoms with Gasteiger partial charge >= 0.3 is 0 Å². The van der Waals surface area contributed by atoms with Crippen molar-refractivity contribution in [3.8, 4) is 5.75 Å². The molecule has 31 heavy (non-hydrogen) atoms. The van der Waals surface area contributed by atoms with Gasteiger partial charge in [-0.05, 0) is 56.3 Å². The molecule has 6 heteroatoms. The highest BCUT2D eigenvalue weighted by molar-refractivity contribution is 7.09. The number of carbonyl (C=O) groups excluding carboxylic acids is 1. The zero-order chi connectivity index (χ0) is 21.5. The minimum Gasteiger partial charge on any atom is -0.493 e. The van der Waals surface area contributed by atoms with Gasteiger partial charge in [-0.3, -0.25) is 9.69 Å². The number of amides is 1. The molecule has 1 saturated carbocycles. The van der Waals surface area contributed by atoms with Gasteiger partial charge in [0.15, 0.2) is 0 Å². The maximum Gasteiger partial charge on any atom is 0.222 e. The number of thiazole rings is 1. The molecule has 5 nitrogen and oxygen atoms in total. The molecule has 2 heterocycles. The Bertz CT molecular complexity index is 803. The Labute approximate surface area is 190 Å². The summed E-state index contributed by atoms with van der Waals surface area (Å²) >= 11 is 1.70. The molecule has 168 valence electrons. The molecule has 0 spiro atoms. The third-order valence-corrected chi connectivity index (χ3v) is 7.32. The SMILES string of the molecule is CN(Cc1ccc(OCC2CCCN(C(=O)CC3CCCC3)C2)cc1)Cc1nccs1. The predicted octanol–water partition coefficient (Wildman–Crippen LogP) is 4.97. The molecule has 1 aliphatic carbocycles. The van der Waals surface area contributed by atoms with Gasteiger partial charge in [0.2, 0.25) is 5.91 Å². The first-order valence-electron chi connectivity index (χ1n) is 11.7. The summed E-state index contributed by atoms with van der Waals surface area (Å²) in [6.45, 7) is 4.22. The van der Waals surface area contributed by atoms with E-state index in [0.29, 0.717) is 24.3 Å². The van der Waals surface area contributed by atoms with Crippen LogP contribution in [0.15, 0.2) is 35.8 Å². The Morgan fingerprint density at radius 1 is 1.13 bits per heavy atom. The number of rotatable bonds is 9. The van der Waals surface area contributed by atoms with Crippen molar-refractivity contribution in [3.05, 3.63) is 46.4 Å². The van der Waals surface area contributed by atoms with E-state index in [4.69, 9.17) is 4.74 Å². The van der Waals surface area contributed by atoms with E-state index >= 15 is 0 Å². The van der Waals surface area contributed by atoms with Gasteiger partial charge in [-0.25, -0.2) is 4.98 Å². The average Bonchev–Trinajstić information content (AvgIpc) is 3.48. The van der Waals surface area contributed by atoms with E-state index < -0.39 is 0 Å². The standard InChI is InChI=1S/C25H35N3O2S/c1-27(18-24-26-12-14-31-24)16-21-8-10-23(11-9-21)30-19-22-7-4-13-28(17-22)25(29)15-20-5-2-3-6-20/h8-12,14,20,22H,2-7,13,15-19H2,1H3. The van der Waals surface area contributed by atoms with Crippen molar-refractivity contribution in [3.63, 3.8) is 0 Å². The molecule has 0 radical (unpaired) electrons. The first kappa shape index (κ1) is 22.3.